The second-order valence-corrected chi connectivity index (χ2v) is 5.17. The molecule has 0 aliphatic carbocycles. The largest absolute Gasteiger partial charge is 0.396 e. The first-order valence-electron chi connectivity index (χ1n) is 6.93. The van der Waals surface area contributed by atoms with Crippen LogP contribution in [-0.2, 0) is 0 Å². The van der Waals surface area contributed by atoms with E-state index in [0.717, 1.165) is 18.4 Å². The van der Waals surface area contributed by atoms with Gasteiger partial charge in [0.25, 0.3) is 5.91 Å². The summed E-state index contributed by atoms with van der Waals surface area (Å²) in [6, 6.07) is 8.07. The van der Waals surface area contributed by atoms with Gasteiger partial charge in [0.05, 0.1) is 11.7 Å². The molecular formula is C16H16FN3O. The van der Waals surface area contributed by atoms with Crippen LogP contribution >= 0.6 is 0 Å². The lowest BCUT2D eigenvalue weighted by Crippen LogP contribution is -2.30. The maximum Gasteiger partial charge on any atom is 0.254 e. The van der Waals surface area contributed by atoms with Crippen LogP contribution in [0, 0.1) is 5.82 Å². The van der Waals surface area contributed by atoms with E-state index in [2.05, 4.69) is 4.98 Å². The standard InChI is InChI=1S/C16H16FN3O/c17-13-10-12(3-4-14(13)18)16(21)20-9-1-2-15(20)11-5-7-19-8-6-11/h3-8,10,15H,1-2,9,18H2. The Bertz CT molecular complexity index is 660. The highest BCUT2D eigenvalue weighted by Crippen LogP contribution is 2.33. The molecule has 2 aromatic rings. The quantitative estimate of drug-likeness (QED) is 0.863. The van der Waals surface area contributed by atoms with Crippen molar-refractivity contribution in [1.29, 1.82) is 0 Å². The average Bonchev–Trinajstić information content (AvgIpc) is 2.99. The molecular weight excluding hydrogens is 269 g/mol. The molecule has 108 valence electrons. The number of benzene rings is 1. The van der Waals surface area contributed by atoms with Crippen molar-refractivity contribution in [1.82, 2.24) is 9.88 Å². The number of nitrogen functional groups attached to an aromatic ring is 1. The molecule has 2 heterocycles. The van der Waals surface area contributed by atoms with Gasteiger partial charge in [-0.2, -0.15) is 0 Å². The normalized spacial score (nSPS) is 18.0. The zero-order valence-electron chi connectivity index (χ0n) is 11.5. The van der Waals surface area contributed by atoms with E-state index in [0.29, 0.717) is 12.1 Å². The Hall–Kier alpha value is -2.43. The van der Waals surface area contributed by atoms with Crippen LogP contribution in [0.5, 0.6) is 0 Å². The number of rotatable bonds is 2. The molecule has 1 aromatic carbocycles. The number of likely N-dealkylation sites (tertiary alicyclic amines) is 1. The van der Waals surface area contributed by atoms with Crippen molar-refractivity contribution < 1.29 is 9.18 Å². The SMILES string of the molecule is Nc1ccc(C(=O)N2CCCC2c2ccncc2)cc1F. The highest BCUT2D eigenvalue weighted by Gasteiger charge is 2.30. The van der Waals surface area contributed by atoms with E-state index in [9.17, 15) is 9.18 Å². The Labute approximate surface area is 122 Å². The number of pyridine rings is 1. The van der Waals surface area contributed by atoms with Crippen molar-refractivity contribution in [2.45, 2.75) is 18.9 Å². The fourth-order valence-electron chi connectivity index (χ4n) is 2.77. The minimum absolute atomic E-state index is 0.0288. The van der Waals surface area contributed by atoms with E-state index in [1.54, 1.807) is 23.4 Å². The van der Waals surface area contributed by atoms with Gasteiger partial charge >= 0.3 is 0 Å². The maximum atomic E-state index is 13.5. The Kier molecular flexibility index (Phi) is 3.56. The Balaban J connectivity index is 1.88. The Morgan fingerprint density at radius 3 is 2.76 bits per heavy atom. The number of hydrogen-bond acceptors (Lipinski definition) is 3. The highest BCUT2D eigenvalue weighted by molar-refractivity contribution is 5.95. The number of hydrogen-bond donors (Lipinski definition) is 1. The lowest BCUT2D eigenvalue weighted by atomic mass is 10.1. The molecule has 0 radical (unpaired) electrons. The predicted octanol–water partition coefficient (Wildman–Crippen LogP) is 2.78. The summed E-state index contributed by atoms with van der Waals surface area (Å²) in [7, 11) is 0. The third-order valence-electron chi connectivity index (χ3n) is 3.85. The number of amides is 1. The summed E-state index contributed by atoms with van der Waals surface area (Å²) in [5.74, 6) is -0.714. The number of carbonyl (C=O) groups is 1. The minimum Gasteiger partial charge on any atom is -0.396 e. The molecule has 2 N–H and O–H groups in total. The van der Waals surface area contributed by atoms with E-state index in [1.807, 2.05) is 12.1 Å². The van der Waals surface area contributed by atoms with Crippen molar-refractivity contribution in [3.63, 3.8) is 0 Å². The van der Waals surface area contributed by atoms with E-state index in [1.165, 1.54) is 12.1 Å². The lowest BCUT2D eigenvalue weighted by molar-refractivity contribution is 0.0735. The Morgan fingerprint density at radius 1 is 1.29 bits per heavy atom. The predicted molar refractivity (Wildman–Crippen MR) is 78.1 cm³/mol. The van der Waals surface area contributed by atoms with Gasteiger partial charge in [-0.1, -0.05) is 0 Å². The van der Waals surface area contributed by atoms with Gasteiger partial charge in [-0.3, -0.25) is 9.78 Å². The third kappa shape index (κ3) is 2.59. The van der Waals surface area contributed by atoms with Crippen LogP contribution in [0.4, 0.5) is 10.1 Å². The second kappa shape index (κ2) is 5.52. The first-order valence-corrected chi connectivity index (χ1v) is 6.93. The molecule has 1 aliphatic heterocycles. The van der Waals surface area contributed by atoms with Crippen molar-refractivity contribution >= 4 is 11.6 Å². The summed E-state index contributed by atoms with van der Waals surface area (Å²) in [6.07, 6.45) is 5.29. The average molecular weight is 285 g/mol. The van der Waals surface area contributed by atoms with E-state index < -0.39 is 5.82 Å². The molecule has 1 saturated heterocycles. The van der Waals surface area contributed by atoms with E-state index in [-0.39, 0.29) is 17.6 Å². The zero-order chi connectivity index (χ0) is 14.8. The van der Waals surface area contributed by atoms with Crippen molar-refractivity contribution in [3.8, 4) is 0 Å². The molecule has 3 rings (SSSR count). The lowest BCUT2D eigenvalue weighted by Gasteiger charge is -2.25. The smallest absolute Gasteiger partial charge is 0.254 e. The van der Waals surface area contributed by atoms with Crippen LogP contribution < -0.4 is 5.73 Å². The van der Waals surface area contributed by atoms with Gasteiger partial charge in [-0.25, -0.2) is 4.39 Å². The molecule has 1 fully saturated rings. The van der Waals surface area contributed by atoms with Crippen molar-refractivity contribution in [2.24, 2.45) is 0 Å². The number of halogens is 1. The fraction of sp³-hybridized carbons (Fsp3) is 0.250. The second-order valence-electron chi connectivity index (χ2n) is 5.17. The van der Waals surface area contributed by atoms with Crippen molar-refractivity contribution in [2.75, 3.05) is 12.3 Å². The molecule has 0 bridgehead atoms. The van der Waals surface area contributed by atoms with Gasteiger partial charge < -0.3 is 10.6 Å². The van der Waals surface area contributed by atoms with Crippen LogP contribution in [0.2, 0.25) is 0 Å². The molecule has 0 spiro atoms. The maximum absolute atomic E-state index is 13.5. The molecule has 21 heavy (non-hydrogen) atoms. The highest BCUT2D eigenvalue weighted by atomic mass is 19.1. The first kappa shape index (κ1) is 13.5. The summed E-state index contributed by atoms with van der Waals surface area (Å²) >= 11 is 0. The van der Waals surface area contributed by atoms with Crippen LogP contribution in [0.3, 0.4) is 0 Å². The van der Waals surface area contributed by atoms with Gasteiger partial charge in [0.1, 0.15) is 5.82 Å². The summed E-state index contributed by atoms with van der Waals surface area (Å²) in [5.41, 5.74) is 6.91. The van der Waals surface area contributed by atoms with Gasteiger partial charge in [0, 0.05) is 24.5 Å². The molecule has 1 amide bonds. The number of aromatic nitrogens is 1. The summed E-state index contributed by atoms with van der Waals surface area (Å²) in [6.45, 7) is 0.678. The van der Waals surface area contributed by atoms with E-state index >= 15 is 0 Å². The van der Waals surface area contributed by atoms with Gasteiger partial charge in [0.2, 0.25) is 0 Å². The van der Waals surface area contributed by atoms with Crippen molar-refractivity contribution in [3.05, 3.63) is 59.7 Å². The summed E-state index contributed by atoms with van der Waals surface area (Å²) in [5, 5.41) is 0. The van der Waals surface area contributed by atoms with E-state index in [4.69, 9.17) is 5.73 Å². The molecule has 0 saturated carbocycles. The number of nitrogens with zero attached hydrogens (tertiary/aromatic N) is 2. The first-order chi connectivity index (χ1) is 10.2. The zero-order valence-corrected chi connectivity index (χ0v) is 11.5. The summed E-state index contributed by atoms with van der Waals surface area (Å²) < 4.78 is 13.5. The number of nitrogens with two attached hydrogens (primary N) is 1. The van der Waals surface area contributed by atoms with Gasteiger partial charge in [-0.15, -0.1) is 0 Å². The topological polar surface area (TPSA) is 59.2 Å². The van der Waals surface area contributed by atoms with Crippen LogP contribution in [0.15, 0.2) is 42.7 Å². The minimum atomic E-state index is -0.555. The summed E-state index contributed by atoms with van der Waals surface area (Å²) in [4.78, 5) is 18.4. The number of anilines is 1. The fourth-order valence-corrected chi connectivity index (χ4v) is 2.77. The Morgan fingerprint density at radius 2 is 2.05 bits per heavy atom. The third-order valence-corrected chi connectivity index (χ3v) is 3.85. The molecule has 1 aromatic heterocycles. The molecule has 1 atom stereocenters. The monoisotopic (exact) mass is 285 g/mol. The molecule has 1 unspecified atom stereocenters. The molecule has 1 aliphatic rings. The number of carbonyl (C=O) groups excluding carboxylic acids is 1. The molecule has 5 heteroatoms. The van der Waals surface area contributed by atoms with Gasteiger partial charge in [-0.05, 0) is 48.7 Å². The van der Waals surface area contributed by atoms with Crippen LogP contribution in [0.25, 0.3) is 0 Å². The van der Waals surface area contributed by atoms with Crippen LogP contribution in [0.1, 0.15) is 34.8 Å². The van der Waals surface area contributed by atoms with Gasteiger partial charge in [0.15, 0.2) is 0 Å². The van der Waals surface area contributed by atoms with Crippen LogP contribution in [-0.4, -0.2) is 22.3 Å². The molecule has 4 nitrogen and oxygen atoms in total.